The highest BCUT2D eigenvalue weighted by Gasteiger charge is 2.49. The number of carbonyl (C=O) groups is 1. The summed E-state index contributed by atoms with van der Waals surface area (Å²) in [4.78, 5) is 12.0. The lowest BCUT2D eigenvalue weighted by Gasteiger charge is -2.46. The minimum absolute atomic E-state index is 0.189. The summed E-state index contributed by atoms with van der Waals surface area (Å²) in [5, 5.41) is 0. The number of unbranched alkanes of at least 4 members (excludes halogenated alkanes) is 2. The van der Waals surface area contributed by atoms with Crippen LogP contribution in [0.4, 0.5) is 0 Å². The van der Waals surface area contributed by atoms with E-state index in [1.165, 1.54) is 0 Å². The molecule has 3 rings (SSSR count). The molecule has 0 aromatic rings. The fraction of sp³-hybridized carbons (Fsp3) is 0.929. The van der Waals surface area contributed by atoms with Crippen molar-refractivity contribution in [3.05, 3.63) is 0 Å². The van der Waals surface area contributed by atoms with Gasteiger partial charge < -0.3 is 0 Å². The Morgan fingerprint density at radius 2 is 2.00 bits per heavy atom. The zero-order valence-electron chi connectivity index (χ0n) is 11.8. The Labute approximate surface area is 116 Å². The Morgan fingerprint density at radius 3 is 2.58 bits per heavy atom. The van der Waals surface area contributed by atoms with Gasteiger partial charge in [-0.1, -0.05) is 26.2 Å². The first-order valence-corrected chi connectivity index (χ1v) is 9.15. The molecule has 3 aliphatic carbocycles. The van der Waals surface area contributed by atoms with E-state index in [1.807, 2.05) is 0 Å². The Morgan fingerprint density at radius 1 is 1.26 bits per heavy atom. The highest BCUT2D eigenvalue weighted by atomic mass is 32.2. The van der Waals surface area contributed by atoms with Gasteiger partial charge in [0.1, 0.15) is 5.78 Å². The second kappa shape index (κ2) is 5.92. The van der Waals surface area contributed by atoms with Crippen molar-refractivity contribution in [3.63, 3.8) is 0 Å². The van der Waals surface area contributed by atoms with Crippen LogP contribution in [0.1, 0.15) is 51.9 Å². The number of hydrogen-bond donors (Lipinski definition) is 0. The molecule has 0 aromatic carbocycles. The average Bonchev–Trinajstić information content (AvgIpc) is 2.30. The fourth-order valence-corrected chi connectivity index (χ4v) is 4.40. The maximum Gasteiger partial charge on any atom is 0.264 e. The molecule has 0 aromatic heterocycles. The van der Waals surface area contributed by atoms with E-state index in [0.717, 1.165) is 44.8 Å². The first-order chi connectivity index (χ1) is 8.92. The van der Waals surface area contributed by atoms with Crippen LogP contribution in [-0.2, 0) is 19.1 Å². The Balaban J connectivity index is 2.10. The van der Waals surface area contributed by atoms with Gasteiger partial charge in [0.25, 0.3) is 10.1 Å². The summed E-state index contributed by atoms with van der Waals surface area (Å²) in [6.07, 6.45) is 7.57. The number of Topliss-reactive ketones (excluding diaryl/α,β-unsaturated/α-hetero) is 1. The summed E-state index contributed by atoms with van der Waals surface area (Å²) in [5.74, 6) is 0.599. The molecule has 2 bridgehead atoms. The van der Waals surface area contributed by atoms with Gasteiger partial charge in [-0.3, -0.25) is 8.98 Å². The Bertz CT molecular complexity index is 429. The predicted molar refractivity (Wildman–Crippen MR) is 73.2 cm³/mol. The van der Waals surface area contributed by atoms with Crippen LogP contribution in [0.3, 0.4) is 0 Å². The van der Waals surface area contributed by atoms with E-state index in [0.29, 0.717) is 12.3 Å². The number of hydrogen-bond acceptors (Lipinski definition) is 4. The Kier molecular flexibility index (Phi) is 4.66. The lowest BCUT2D eigenvalue weighted by atomic mass is 9.61. The maximum atomic E-state index is 12.0. The lowest BCUT2D eigenvalue weighted by molar-refractivity contribution is -0.140. The van der Waals surface area contributed by atoms with E-state index in [4.69, 9.17) is 4.18 Å². The molecular formula is C14H24O4S. The van der Waals surface area contributed by atoms with Gasteiger partial charge in [0.2, 0.25) is 0 Å². The first-order valence-electron chi connectivity index (χ1n) is 7.33. The second-order valence-electron chi connectivity index (χ2n) is 6.04. The van der Waals surface area contributed by atoms with E-state index in [1.54, 1.807) is 0 Å². The van der Waals surface area contributed by atoms with Crippen molar-refractivity contribution in [1.29, 1.82) is 0 Å². The van der Waals surface area contributed by atoms with Crippen LogP contribution in [-0.4, -0.2) is 26.6 Å². The fourth-order valence-electron chi connectivity index (χ4n) is 3.72. The quantitative estimate of drug-likeness (QED) is 0.556. The van der Waals surface area contributed by atoms with Crippen LogP contribution in [0.5, 0.6) is 0 Å². The molecule has 110 valence electrons. The molecular weight excluding hydrogens is 264 g/mol. The molecule has 0 amide bonds. The minimum atomic E-state index is -3.49. The average molecular weight is 288 g/mol. The topological polar surface area (TPSA) is 60.4 Å². The minimum Gasteiger partial charge on any atom is -0.299 e. The van der Waals surface area contributed by atoms with Crippen molar-refractivity contribution in [1.82, 2.24) is 0 Å². The summed E-state index contributed by atoms with van der Waals surface area (Å²) in [6, 6.07) is 0. The third-order valence-corrected chi connectivity index (χ3v) is 5.15. The van der Waals surface area contributed by atoms with Crippen LogP contribution in [0, 0.1) is 17.8 Å². The molecule has 4 unspecified atom stereocenters. The predicted octanol–water partition coefficient (Wildman–Crippen LogP) is 2.53. The number of carbonyl (C=O) groups excluding carboxylic acids is 1. The third-order valence-electron chi connectivity index (χ3n) is 4.58. The van der Waals surface area contributed by atoms with Gasteiger partial charge >= 0.3 is 0 Å². The van der Waals surface area contributed by atoms with Crippen molar-refractivity contribution in [2.75, 3.05) is 6.26 Å². The van der Waals surface area contributed by atoms with Crippen LogP contribution in [0.15, 0.2) is 0 Å². The van der Waals surface area contributed by atoms with Crippen LogP contribution >= 0.6 is 0 Å². The summed E-state index contributed by atoms with van der Waals surface area (Å²) in [7, 11) is -3.49. The first kappa shape index (κ1) is 15.0. The second-order valence-corrected chi connectivity index (χ2v) is 7.64. The maximum absolute atomic E-state index is 12.0. The van der Waals surface area contributed by atoms with Gasteiger partial charge in [-0.2, -0.15) is 8.42 Å². The highest BCUT2D eigenvalue weighted by Crippen LogP contribution is 2.47. The van der Waals surface area contributed by atoms with Crippen molar-refractivity contribution >= 4 is 15.9 Å². The molecule has 0 radical (unpaired) electrons. The van der Waals surface area contributed by atoms with E-state index in [2.05, 4.69) is 6.92 Å². The molecule has 4 nitrogen and oxygen atoms in total. The van der Waals surface area contributed by atoms with Crippen LogP contribution in [0.25, 0.3) is 0 Å². The Hall–Kier alpha value is -0.420. The van der Waals surface area contributed by atoms with Gasteiger partial charge in [0, 0.05) is 12.3 Å². The van der Waals surface area contributed by atoms with Gasteiger partial charge in [-0.25, -0.2) is 0 Å². The number of rotatable bonds is 6. The van der Waals surface area contributed by atoms with Crippen molar-refractivity contribution in [2.24, 2.45) is 17.8 Å². The molecule has 4 atom stereocenters. The monoisotopic (exact) mass is 288 g/mol. The highest BCUT2D eigenvalue weighted by molar-refractivity contribution is 7.86. The summed E-state index contributed by atoms with van der Waals surface area (Å²) >= 11 is 0. The van der Waals surface area contributed by atoms with Gasteiger partial charge in [-0.15, -0.1) is 0 Å². The molecule has 3 fully saturated rings. The largest absolute Gasteiger partial charge is 0.299 e. The van der Waals surface area contributed by atoms with Gasteiger partial charge in [-0.05, 0) is 31.1 Å². The molecule has 0 spiro atoms. The molecule has 19 heavy (non-hydrogen) atoms. The standard InChI is InChI=1S/C14H24O4S/c1-3-4-5-6-11-10-7-8-12(13(15)9-10)14(11)18-19(2,16)17/h10-12,14H,3-9H2,1-2H3. The van der Waals surface area contributed by atoms with Crippen molar-refractivity contribution in [2.45, 2.75) is 58.0 Å². The third kappa shape index (κ3) is 3.57. The molecule has 0 heterocycles. The summed E-state index contributed by atoms with van der Waals surface area (Å²) in [6.45, 7) is 2.15. The SMILES string of the molecule is CCCCCC1C2CCC(C(=O)C2)C1OS(C)(=O)=O. The normalized spacial score (nSPS) is 34.7. The van der Waals surface area contributed by atoms with E-state index in [9.17, 15) is 13.2 Å². The van der Waals surface area contributed by atoms with Crippen molar-refractivity contribution in [3.8, 4) is 0 Å². The van der Waals surface area contributed by atoms with Crippen LogP contribution < -0.4 is 0 Å². The summed E-state index contributed by atoms with van der Waals surface area (Å²) in [5.41, 5.74) is 0. The zero-order valence-corrected chi connectivity index (χ0v) is 12.6. The number of ketones is 1. The van der Waals surface area contributed by atoms with E-state index >= 15 is 0 Å². The van der Waals surface area contributed by atoms with Crippen molar-refractivity contribution < 1.29 is 17.4 Å². The molecule has 0 aliphatic heterocycles. The zero-order chi connectivity index (χ0) is 14.0. The summed E-state index contributed by atoms with van der Waals surface area (Å²) < 4.78 is 28.1. The van der Waals surface area contributed by atoms with E-state index < -0.39 is 16.2 Å². The smallest absolute Gasteiger partial charge is 0.264 e. The lowest BCUT2D eigenvalue weighted by Crippen LogP contribution is -2.50. The molecule has 0 saturated heterocycles. The molecule has 0 N–H and O–H groups in total. The van der Waals surface area contributed by atoms with Crippen LogP contribution in [0.2, 0.25) is 0 Å². The molecule has 3 saturated carbocycles. The van der Waals surface area contributed by atoms with E-state index in [-0.39, 0.29) is 17.6 Å². The van der Waals surface area contributed by atoms with Gasteiger partial charge in [0.15, 0.2) is 0 Å². The number of fused-ring (bicyclic) bond motifs is 3. The molecule has 5 heteroatoms. The van der Waals surface area contributed by atoms with Gasteiger partial charge in [0.05, 0.1) is 12.4 Å². The molecule has 3 aliphatic rings.